The number of ether oxygens (including phenoxy) is 1. The van der Waals surface area contributed by atoms with Gasteiger partial charge in [-0.2, -0.15) is 4.98 Å². The third-order valence-electron chi connectivity index (χ3n) is 1.69. The van der Waals surface area contributed by atoms with Crippen molar-refractivity contribution >= 4 is 28.6 Å². The van der Waals surface area contributed by atoms with Crippen LogP contribution in [0.1, 0.15) is 6.92 Å². The largest absolute Gasteiger partial charge is 0.465 e. The molecule has 2 heterocycles. The Morgan fingerprint density at radius 1 is 1.57 bits per heavy atom. The molecule has 0 radical (unpaired) electrons. The van der Waals surface area contributed by atoms with Gasteiger partial charge in [-0.3, -0.25) is 4.98 Å². The Morgan fingerprint density at radius 2 is 2.36 bits per heavy atom. The first kappa shape index (κ1) is 9.08. The van der Waals surface area contributed by atoms with Crippen LogP contribution < -0.4 is 10.5 Å². The maximum absolute atomic E-state index is 5.92. The number of hydrogen-bond acceptors (Lipinski definition) is 4. The molecule has 0 aliphatic heterocycles. The molecule has 2 rings (SSSR count). The molecule has 2 aromatic heterocycles. The molecule has 0 aromatic carbocycles. The summed E-state index contributed by atoms with van der Waals surface area (Å²) in [6.45, 7) is 2.41. The summed E-state index contributed by atoms with van der Waals surface area (Å²) in [5.41, 5.74) is 6.64. The molecule has 0 unspecified atom stereocenters. The van der Waals surface area contributed by atoms with Crippen LogP contribution >= 0.6 is 11.6 Å². The monoisotopic (exact) mass is 212 g/mol. The summed E-state index contributed by atoms with van der Waals surface area (Å²) >= 11 is 5.92. The van der Waals surface area contributed by atoms with Crippen LogP contribution in [-0.2, 0) is 0 Å². The minimum absolute atomic E-state index is 0.356. The van der Waals surface area contributed by atoms with Gasteiger partial charge in [0.15, 0.2) is 5.65 Å². The van der Waals surface area contributed by atoms with Crippen molar-refractivity contribution in [2.75, 3.05) is 12.3 Å². The summed E-state index contributed by atoms with van der Waals surface area (Å²) in [4.78, 5) is 11.0. The van der Waals surface area contributed by atoms with Crippen LogP contribution in [0.15, 0.2) is 6.07 Å². The van der Waals surface area contributed by atoms with E-state index in [0.717, 1.165) is 0 Å². The lowest BCUT2D eigenvalue weighted by Crippen LogP contribution is -1.92. The minimum Gasteiger partial charge on any atom is -0.465 e. The second kappa shape index (κ2) is 3.34. The SMILES string of the molecule is CCOc1nc2c(Cl)cc(N)nc2[nH]1. The van der Waals surface area contributed by atoms with Gasteiger partial charge < -0.3 is 10.5 Å². The molecule has 0 spiro atoms. The van der Waals surface area contributed by atoms with Crippen LogP contribution in [0.25, 0.3) is 11.2 Å². The summed E-state index contributed by atoms with van der Waals surface area (Å²) in [5, 5.41) is 0.467. The van der Waals surface area contributed by atoms with Crippen LogP contribution in [0.3, 0.4) is 0 Å². The summed E-state index contributed by atoms with van der Waals surface area (Å²) in [5.74, 6) is 0.356. The molecule has 6 heteroatoms. The van der Waals surface area contributed by atoms with E-state index in [1.54, 1.807) is 6.07 Å². The fourth-order valence-corrected chi connectivity index (χ4v) is 1.40. The van der Waals surface area contributed by atoms with Gasteiger partial charge in [-0.15, -0.1) is 0 Å². The lowest BCUT2D eigenvalue weighted by molar-refractivity contribution is 0.317. The number of anilines is 1. The van der Waals surface area contributed by atoms with Crippen molar-refractivity contribution in [3.63, 3.8) is 0 Å². The number of nitrogens with zero attached hydrogens (tertiary/aromatic N) is 2. The molecule has 0 fully saturated rings. The van der Waals surface area contributed by atoms with Crippen molar-refractivity contribution in [3.8, 4) is 6.01 Å². The number of nitrogens with two attached hydrogens (primary N) is 1. The Kier molecular flexibility index (Phi) is 2.17. The molecule has 3 N–H and O–H groups in total. The number of halogens is 1. The summed E-state index contributed by atoms with van der Waals surface area (Å²) in [6.07, 6.45) is 0. The van der Waals surface area contributed by atoms with Crippen molar-refractivity contribution < 1.29 is 4.74 Å². The van der Waals surface area contributed by atoms with E-state index in [-0.39, 0.29) is 0 Å². The minimum atomic E-state index is 0.356. The Bertz CT molecular complexity index is 468. The third kappa shape index (κ3) is 1.46. The van der Waals surface area contributed by atoms with Crippen LogP contribution in [-0.4, -0.2) is 21.6 Å². The van der Waals surface area contributed by atoms with E-state index < -0.39 is 0 Å². The van der Waals surface area contributed by atoms with Gasteiger partial charge >= 0.3 is 0 Å². The van der Waals surface area contributed by atoms with Gasteiger partial charge in [0.1, 0.15) is 11.3 Å². The molecular weight excluding hydrogens is 204 g/mol. The number of fused-ring (bicyclic) bond motifs is 1. The molecule has 0 saturated carbocycles. The van der Waals surface area contributed by atoms with Crippen molar-refractivity contribution in [2.24, 2.45) is 0 Å². The first-order valence-electron chi connectivity index (χ1n) is 4.15. The molecule has 14 heavy (non-hydrogen) atoms. The number of nitrogens with one attached hydrogen (secondary N) is 1. The molecule has 0 aliphatic carbocycles. The first-order chi connectivity index (χ1) is 6.70. The highest BCUT2D eigenvalue weighted by atomic mass is 35.5. The highest BCUT2D eigenvalue weighted by Crippen LogP contribution is 2.24. The maximum atomic E-state index is 5.92. The molecule has 74 valence electrons. The van der Waals surface area contributed by atoms with Gasteiger partial charge in [-0.1, -0.05) is 11.6 Å². The Labute approximate surface area is 85.2 Å². The number of pyridine rings is 1. The fraction of sp³-hybridized carbons (Fsp3) is 0.250. The van der Waals surface area contributed by atoms with Gasteiger partial charge in [-0.25, -0.2) is 4.98 Å². The van der Waals surface area contributed by atoms with Gasteiger partial charge in [0.2, 0.25) is 0 Å². The number of rotatable bonds is 2. The quantitative estimate of drug-likeness (QED) is 0.793. The van der Waals surface area contributed by atoms with Gasteiger partial charge in [0.25, 0.3) is 6.01 Å². The molecule has 2 aromatic rings. The third-order valence-corrected chi connectivity index (χ3v) is 1.97. The normalized spacial score (nSPS) is 10.7. The molecular formula is C8H9ClN4O. The zero-order valence-corrected chi connectivity index (χ0v) is 8.30. The van der Waals surface area contributed by atoms with Gasteiger partial charge in [-0.05, 0) is 6.92 Å². The number of H-pyrrole nitrogens is 1. The summed E-state index contributed by atoms with van der Waals surface area (Å²) in [7, 11) is 0. The molecule has 0 atom stereocenters. The van der Waals surface area contributed by atoms with Crippen molar-refractivity contribution in [1.29, 1.82) is 0 Å². The van der Waals surface area contributed by atoms with Crippen molar-refractivity contribution in [1.82, 2.24) is 15.0 Å². The predicted octanol–water partition coefficient (Wildman–Crippen LogP) is 1.59. The van der Waals surface area contributed by atoms with Crippen molar-refractivity contribution in [2.45, 2.75) is 6.92 Å². The summed E-state index contributed by atoms with van der Waals surface area (Å²) < 4.78 is 5.18. The molecule has 0 bridgehead atoms. The highest BCUT2D eigenvalue weighted by Gasteiger charge is 2.08. The molecule has 5 nitrogen and oxygen atoms in total. The van der Waals surface area contributed by atoms with E-state index in [1.165, 1.54) is 0 Å². The van der Waals surface area contributed by atoms with E-state index in [2.05, 4.69) is 15.0 Å². The zero-order chi connectivity index (χ0) is 10.1. The van der Waals surface area contributed by atoms with E-state index in [4.69, 9.17) is 22.1 Å². The Balaban J connectivity index is 2.58. The highest BCUT2D eigenvalue weighted by molar-refractivity contribution is 6.35. The molecule has 0 saturated heterocycles. The predicted molar refractivity (Wildman–Crippen MR) is 54.5 cm³/mol. The summed E-state index contributed by atoms with van der Waals surface area (Å²) in [6, 6.07) is 1.96. The van der Waals surface area contributed by atoms with E-state index in [0.29, 0.717) is 34.6 Å². The number of nitrogen functional groups attached to an aromatic ring is 1. The van der Waals surface area contributed by atoms with Gasteiger partial charge in [0.05, 0.1) is 11.6 Å². The second-order valence-corrected chi connectivity index (χ2v) is 3.11. The number of imidazole rings is 1. The topological polar surface area (TPSA) is 76.8 Å². The zero-order valence-electron chi connectivity index (χ0n) is 7.54. The van der Waals surface area contributed by atoms with Crippen LogP contribution in [0.2, 0.25) is 5.02 Å². The van der Waals surface area contributed by atoms with Crippen LogP contribution in [0, 0.1) is 0 Å². The molecule has 0 amide bonds. The average molecular weight is 213 g/mol. The maximum Gasteiger partial charge on any atom is 0.295 e. The number of aromatic nitrogens is 3. The van der Waals surface area contributed by atoms with Gasteiger partial charge in [0, 0.05) is 6.07 Å². The second-order valence-electron chi connectivity index (χ2n) is 2.70. The van der Waals surface area contributed by atoms with E-state index >= 15 is 0 Å². The van der Waals surface area contributed by atoms with Crippen LogP contribution in [0.4, 0.5) is 5.82 Å². The fourth-order valence-electron chi connectivity index (χ4n) is 1.15. The van der Waals surface area contributed by atoms with E-state index in [9.17, 15) is 0 Å². The number of aromatic amines is 1. The standard InChI is InChI=1S/C8H9ClN4O/c1-2-14-8-12-6-4(9)3-5(10)11-7(6)13-8/h3H,2H2,1H3,(H3,10,11,12,13). The lowest BCUT2D eigenvalue weighted by Gasteiger charge is -1.93. The Morgan fingerprint density at radius 3 is 3.07 bits per heavy atom. The molecule has 0 aliphatic rings. The Hall–Kier alpha value is -1.49. The smallest absolute Gasteiger partial charge is 0.295 e. The first-order valence-corrected chi connectivity index (χ1v) is 4.53. The lowest BCUT2D eigenvalue weighted by atomic mass is 10.4. The average Bonchev–Trinajstić information content (AvgIpc) is 2.48. The number of hydrogen-bond donors (Lipinski definition) is 2. The van der Waals surface area contributed by atoms with Crippen LogP contribution in [0.5, 0.6) is 6.01 Å². The van der Waals surface area contributed by atoms with E-state index in [1.807, 2.05) is 6.92 Å². The van der Waals surface area contributed by atoms with Crippen molar-refractivity contribution in [3.05, 3.63) is 11.1 Å².